The van der Waals surface area contributed by atoms with Crippen molar-refractivity contribution in [1.29, 1.82) is 0 Å². The third kappa shape index (κ3) is 5.79. The van der Waals surface area contributed by atoms with E-state index in [9.17, 15) is 0 Å². The molecule has 0 radical (unpaired) electrons. The number of allylic oxidation sites excluding steroid dienone is 1. The van der Waals surface area contributed by atoms with Crippen molar-refractivity contribution in [3.63, 3.8) is 0 Å². The van der Waals surface area contributed by atoms with Gasteiger partial charge in [0.1, 0.15) is 11.5 Å². The first kappa shape index (κ1) is 40.9. The second-order valence-corrected chi connectivity index (χ2v) is 18.6. The molecule has 4 amide bonds. The molecule has 0 atom stereocenters. The fraction of sp³-hybridized carbons (Fsp3) is 0.228. The Hall–Kier alpha value is -7.12. The second kappa shape index (κ2) is 15.0. The van der Waals surface area contributed by atoms with E-state index in [1.165, 1.54) is 9.80 Å². The number of benzene rings is 8. The van der Waals surface area contributed by atoms with Crippen molar-refractivity contribution in [2.75, 3.05) is 9.80 Å². The Morgan fingerprint density at radius 1 is 0.453 bits per heavy atom. The monoisotopic (exact) mass is 842 g/mol. The number of carbonyl (C=O) groups is 4. The molecule has 8 aromatic rings. The number of nitrogens with zero attached hydrogens (tertiary/aromatic N) is 2. The number of anilines is 2. The standard InChI is InChI=1S/C57H50N2O5/c1-10-15-33-16-11-12-21-45(33)64-46-28-44-49-43(56(62)59(57(44)63)53-36(31(6)7)19-14-20-37(53)32(8)9)26-23-39-38-22-25-41-48-42(27-24-40(47(38)48)50(46)51(39)49)55(61)58(54(41)60)52-34(29(2)3)17-13-18-35(52)30(4)5/h10-14,16-32H,1,15H2,2-9H3. The fourth-order valence-electron chi connectivity index (χ4n) is 10.4. The lowest BCUT2D eigenvalue weighted by Crippen LogP contribution is -2.42. The predicted molar refractivity (Wildman–Crippen MR) is 260 cm³/mol. The zero-order valence-corrected chi connectivity index (χ0v) is 37.6. The van der Waals surface area contributed by atoms with Gasteiger partial charge >= 0.3 is 0 Å². The van der Waals surface area contributed by atoms with Crippen LogP contribution >= 0.6 is 0 Å². The zero-order valence-electron chi connectivity index (χ0n) is 37.6. The minimum absolute atomic E-state index is 0.0398. The van der Waals surface area contributed by atoms with Crippen LogP contribution in [-0.4, -0.2) is 23.6 Å². The molecule has 0 saturated heterocycles. The average molecular weight is 843 g/mol. The molecule has 7 nitrogen and oxygen atoms in total. The zero-order chi connectivity index (χ0) is 45.0. The molecule has 0 saturated carbocycles. The van der Waals surface area contributed by atoms with Gasteiger partial charge in [-0.05, 0) is 110 Å². The molecule has 318 valence electrons. The number of ether oxygens (including phenoxy) is 1. The SMILES string of the molecule is C=CCc1ccccc1Oc1cc2c3c(ccc4c5ccc6c7c(ccc(c1c34)c75)C(=O)N(c1c(C(C)C)cccc1C(C)C)C6=O)C(=O)N(c1c(C(C)C)cccc1C(C)C)C2=O. The number of hydrogen-bond acceptors (Lipinski definition) is 5. The maximum absolute atomic E-state index is 15.3. The first-order chi connectivity index (χ1) is 30.7. The molecule has 0 bridgehead atoms. The van der Waals surface area contributed by atoms with Crippen molar-refractivity contribution in [1.82, 2.24) is 0 Å². The van der Waals surface area contributed by atoms with Crippen molar-refractivity contribution in [2.24, 2.45) is 0 Å². The van der Waals surface area contributed by atoms with Crippen LogP contribution in [0.4, 0.5) is 11.4 Å². The largest absolute Gasteiger partial charge is 0.456 e. The fourth-order valence-corrected chi connectivity index (χ4v) is 10.4. The molecular weight excluding hydrogens is 793 g/mol. The maximum Gasteiger partial charge on any atom is 0.266 e. The van der Waals surface area contributed by atoms with Gasteiger partial charge in [0.15, 0.2) is 0 Å². The van der Waals surface area contributed by atoms with Gasteiger partial charge in [0, 0.05) is 38.2 Å². The van der Waals surface area contributed by atoms with Gasteiger partial charge in [-0.25, -0.2) is 9.80 Å². The summed E-state index contributed by atoms with van der Waals surface area (Å²) in [6.45, 7) is 20.6. The highest BCUT2D eigenvalue weighted by Crippen LogP contribution is 2.52. The Labute approximate surface area is 373 Å². The molecule has 0 aromatic heterocycles. The van der Waals surface area contributed by atoms with Crippen molar-refractivity contribution in [3.8, 4) is 11.5 Å². The Morgan fingerprint density at radius 3 is 1.34 bits per heavy atom. The van der Waals surface area contributed by atoms with Crippen LogP contribution < -0.4 is 14.5 Å². The minimum Gasteiger partial charge on any atom is -0.456 e. The topological polar surface area (TPSA) is 84.0 Å². The number of amides is 4. The summed E-state index contributed by atoms with van der Waals surface area (Å²) < 4.78 is 7.02. The Morgan fingerprint density at radius 2 is 0.875 bits per heavy atom. The first-order valence-corrected chi connectivity index (χ1v) is 22.4. The van der Waals surface area contributed by atoms with Gasteiger partial charge in [0.05, 0.1) is 16.9 Å². The van der Waals surface area contributed by atoms with Gasteiger partial charge in [0.2, 0.25) is 0 Å². The van der Waals surface area contributed by atoms with Crippen LogP contribution in [0.5, 0.6) is 11.5 Å². The summed E-state index contributed by atoms with van der Waals surface area (Å²) in [5.74, 6) is -0.320. The molecule has 8 aromatic carbocycles. The summed E-state index contributed by atoms with van der Waals surface area (Å²) in [6.07, 6.45) is 2.38. The molecule has 2 heterocycles. The highest BCUT2D eigenvalue weighted by molar-refractivity contribution is 6.46. The van der Waals surface area contributed by atoms with E-state index >= 15 is 19.2 Å². The number of imide groups is 2. The number of hydrogen-bond donors (Lipinski definition) is 0. The molecule has 2 aliphatic rings. The summed E-state index contributed by atoms with van der Waals surface area (Å²) in [7, 11) is 0. The third-order valence-electron chi connectivity index (χ3n) is 13.4. The lowest BCUT2D eigenvalue weighted by molar-refractivity contribution is 0.0877. The second-order valence-electron chi connectivity index (χ2n) is 18.6. The van der Waals surface area contributed by atoms with Crippen molar-refractivity contribution < 1.29 is 23.9 Å². The highest BCUT2D eigenvalue weighted by Gasteiger charge is 2.41. The van der Waals surface area contributed by atoms with Gasteiger partial charge in [-0.1, -0.05) is 134 Å². The molecule has 0 aliphatic carbocycles. The summed E-state index contributed by atoms with van der Waals surface area (Å²) in [6, 6.07) is 32.9. The van der Waals surface area contributed by atoms with E-state index in [1.807, 2.05) is 103 Å². The van der Waals surface area contributed by atoms with E-state index in [2.05, 4.69) is 62.0 Å². The summed E-state index contributed by atoms with van der Waals surface area (Å²) in [4.78, 5) is 63.2. The van der Waals surface area contributed by atoms with E-state index in [-0.39, 0.29) is 41.4 Å². The van der Waals surface area contributed by atoms with E-state index in [1.54, 1.807) is 6.07 Å². The van der Waals surface area contributed by atoms with Crippen molar-refractivity contribution in [3.05, 3.63) is 166 Å². The van der Waals surface area contributed by atoms with Gasteiger partial charge in [-0.15, -0.1) is 6.58 Å². The Kier molecular flexibility index (Phi) is 9.60. The summed E-state index contributed by atoms with van der Waals surface area (Å²) in [5, 5.41) is 5.63. The van der Waals surface area contributed by atoms with E-state index in [0.29, 0.717) is 73.1 Å². The summed E-state index contributed by atoms with van der Waals surface area (Å²) in [5.41, 5.74) is 7.54. The molecule has 0 N–H and O–H groups in total. The molecular formula is C57H50N2O5. The average Bonchev–Trinajstić information content (AvgIpc) is 3.27. The van der Waals surface area contributed by atoms with E-state index in [0.717, 1.165) is 49.4 Å². The molecule has 2 aliphatic heterocycles. The van der Waals surface area contributed by atoms with Crippen molar-refractivity contribution >= 4 is 78.1 Å². The number of rotatable bonds is 10. The van der Waals surface area contributed by atoms with Crippen LogP contribution in [0.1, 0.15) is 148 Å². The van der Waals surface area contributed by atoms with Gasteiger partial charge in [-0.2, -0.15) is 0 Å². The normalized spacial score (nSPS) is 14.1. The Balaban J connectivity index is 1.29. The number of fused-ring (bicyclic) bond motifs is 2. The van der Waals surface area contributed by atoms with Crippen LogP contribution in [-0.2, 0) is 6.42 Å². The van der Waals surface area contributed by atoms with E-state index < -0.39 is 5.91 Å². The van der Waals surface area contributed by atoms with Crippen LogP contribution in [0.25, 0.3) is 43.1 Å². The van der Waals surface area contributed by atoms with Gasteiger partial charge < -0.3 is 4.74 Å². The summed E-state index contributed by atoms with van der Waals surface area (Å²) >= 11 is 0. The Bertz CT molecular complexity index is 3280. The van der Waals surface area contributed by atoms with Crippen LogP contribution in [0.2, 0.25) is 0 Å². The predicted octanol–water partition coefficient (Wildman–Crippen LogP) is 14.4. The molecule has 7 heteroatoms. The van der Waals surface area contributed by atoms with Crippen LogP contribution in [0.15, 0.2) is 116 Å². The molecule has 64 heavy (non-hydrogen) atoms. The minimum atomic E-state index is -0.421. The smallest absolute Gasteiger partial charge is 0.266 e. The number of carbonyl (C=O) groups excluding carboxylic acids is 4. The lowest BCUT2D eigenvalue weighted by Gasteiger charge is -2.34. The van der Waals surface area contributed by atoms with Crippen LogP contribution in [0, 0.1) is 0 Å². The van der Waals surface area contributed by atoms with Gasteiger partial charge in [-0.3, -0.25) is 19.2 Å². The van der Waals surface area contributed by atoms with Crippen molar-refractivity contribution in [2.45, 2.75) is 85.5 Å². The maximum atomic E-state index is 15.3. The van der Waals surface area contributed by atoms with E-state index in [4.69, 9.17) is 4.74 Å². The van der Waals surface area contributed by atoms with Gasteiger partial charge in [0.25, 0.3) is 23.6 Å². The quantitative estimate of drug-likeness (QED) is 0.0592. The number of para-hydroxylation sites is 3. The highest BCUT2D eigenvalue weighted by atomic mass is 16.5. The first-order valence-electron chi connectivity index (χ1n) is 22.4. The van der Waals surface area contributed by atoms with Crippen LogP contribution in [0.3, 0.4) is 0 Å². The molecule has 10 rings (SSSR count). The third-order valence-corrected chi connectivity index (χ3v) is 13.4. The molecule has 0 unspecified atom stereocenters. The molecule has 0 spiro atoms. The lowest BCUT2D eigenvalue weighted by atomic mass is 9.81. The molecule has 0 fully saturated rings.